The summed E-state index contributed by atoms with van der Waals surface area (Å²) in [6, 6.07) is 4.02. The minimum atomic E-state index is -0.479. The van der Waals surface area contributed by atoms with E-state index in [0.29, 0.717) is 13.1 Å². The van der Waals surface area contributed by atoms with E-state index in [9.17, 15) is 9.59 Å². The summed E-state index contributed by atoms with van der Waals surface area (Å²) in [6.07, 6.45) is 2.22. The van der Waals surface area contributed by atoms with Gasteiger partial charge in [0.2, 0.25) is 0 Å². The molecule has 1 amide bonds. The number of carbonyl (C=O) groups is 2. The number of hydrogen-bond donors (Lipinski definition) is 0. The second kappa shape index (κ2) is 5.88. The largest absolute Gasteiger partial charge is 0.444 e. The first kappa shape index (κ1) is 15.5. The molecule has 1 heterocycles. The molecule has 0 spiro atoms. The van der Waals surface area contributed by atoms with Crippen LogP contribution in [0.25, 0.3) is 0 Å². The number of rotatable bonds is 2. The first-order valence-electron chi connectivity index (χ1n) is 7.42. The van der Waals surface area contributed by atoms with E-state index >= 15 is 0 Å². The molecule has 0 saturated carbocycles. The number of carbonyl (C=O) groups excluding carboxylic acids is 2. The summed E-state index contributed by atoms with van der Waals surface area (Å²) in [5.41, 5.74) is 3.60. The van der Waals surface area contributed by atoms with Gasteiger partial charge in [-0.2, -0.15) is 0 Å². The second-order valence-electron chi connectivity index (χ2n) is 6.44. The summed E-state index contributed by atoms with van der Waals surface area (Å²) in [5.74, 6) is 0. The van der Waals surface area contributed by atoms with Gasteiger partial charge in [-0.25, -0.2) is 4.79 Å². The van der Waals surface area contributed by atoms with Crippen LogP contribution >= 0.6 is 0 Å². The maximum absolute atomic E-state index is 12.1. The highest BCUT2D eigenvalue weighted by Gasteiger charge is 2.26. The zero-order valence-electron chi connectivity index (χ0n) is 13.2. The number of aldehydes is 1. The summed E-state index contributed by atoms with van der Waals surface area (Å²) in [5, 5.41) is 0. The molecule has 0 unspecified atom stereocenters. The SMILES string of the molecule is CCc1cc2c(cc1C=O)CCN(C(=O)OC(C)(C)C)C2. The van der Waals surface area contributed by atoms with Crippen LogP contribution in [0.4, 0.5) is 4.79 Å². The quantitative estimate of drug-likeness (QED) is 0.784. The Morgan fingerprint density at radius 1 is 1.33 bits per heavy atom. The first-order valence-corrected chi connectivity index (χ1v) is 7.42. The van der Waals surface area contributed by atoms with Gasteiger partial charge in [-0.3, -0.25) is 4.79 Å². The molecular weight excluding hydrogens is 266 g/mol. The molecule has 0 radical (unpaired) electrons. The van der Waals surface area contributed by atoms with Gasteiger partial charge in [0.05, 0.1) is 0 Å². The van der Waals surface area contributed by atoms with Crippen molar-refractivity contribution in [2.24, 2.45) is 0 Å². The second-order valence-corrected chi connectivity index (χ2v) is 6.44. The molecule has 0 fully saturated rings. The Bertz CT molecular complexity index is 558. The average Bonchev–Trinajstić information content (AvgIpc) is 2.43. The molecule has 2 rings (SSSR count). The van der Waals surface area contributed by atoms with Crippen LogP contribution in [-0.2, 0) is 24.1 Å². The van der Waals surface area contributed by atoms with Crippen LogP contribution in [0.5, 0.6) is 0 Å². The fourth-order valence-corrected chi connectivity index (χ4v) is 2.58. The van der Waals surface area contributed by atoms with Crippen LogP contribution in [0.3, 0.4) is 0 Å². The lowest BCUT2D eigenvalue weighted by atomic mass is 9.93. The van der Waals surface area contributed by atoms with Gasteiger partial charge in [-0.05, 0) is 56.4 Å². The molecule has 1 aliphatic heterocycles. The maximum Gasteiger partial charge on any atom is 0.410 e. The van der Waals surface area contributed by atoms with Gasteiger partial charge in [0.15, 0.2) is 0 Å². The van der Waals surface area contributed by atoms with E-state index in [0.717, 1.165) is 41.4 Å². The molecule has 0 saturated heterocycles. The van der Waals surface area contributed by atoms with Crippen LogP contribution in [-0.4, -0.2) is 29.4 Å². The van der Waals surface area contributed by atoms with Crippen molar-refractivity contribution in [2.75, 3.05) is 6.54 Å². The number of fused-ring (bicyclic) bond motifs is 1. The number of aryl methyl sites for hydroxylation is 1. The fraction of sp³-hybridized carbons (Fsp3) is 0.529. The van der Waals surface area contributed by atoms with Crippen molar-refractivity contribution < 1.29 is 14.3 Å². The number of nitrogens with zero attached hydrogens (tertiary/aromatic N) is 1. The minimum absolute atomic E-state index is 0.273. The maximum atomic E-state index is 12.1. The Hall–Kier alpha value is -1.84. The highest BCUT2D eigenvalue weighted by Crippen LogP contribution is 2.24. The zero-order valence-corrected chi connectivity index (χ0v) is 13.2. The Kier molecular flexibility index (Phi) is 4.35. The van der Waals surface area contributed by atoms with Crippen LogP contribution in [0.2, 0.25) is 0 Å². The topological polar surface area (TPSA) is 46.6 Å². The number of amides is 1. The average molecular weight is 289 g/mol. The number of benzene rings is 1. The highest BCUT2D eigenvalue weighted by atomic mass is 16.6. The van der Waals surface area contributed by atoms with Gasteiger partial charge in [-0.15, -0.1) is 0 Å². The molecule has 1 aliphatic rings. The molecule has 4 heteroatoms. The molecular formula is C17H23NO3. The molecule has 1 aromatic rings. The molecule has 0 aromatic heterocycles. The van der Waals surface area contributed by atoms with Crippen molar-refractivity contribution in [1.82, 2.24) is 4.90 Å². The summed E-state index contributed by atoms with van der Waals surface area (Å²) in [4.78, 5) is 25.0. The van der Waals surface area contributed by atoms with Gasteiger partial charge < -0.3 is 9.64 Å². The van der Waals surface area contributed by atoms with E-state index in [4.69, 9.17) is 4.74 Å². The molecule has 0 N–H and O–H groups in total. The Morgan fingerprint density at radius 2 is 2.05 bits per heavy atom. The van der Waals surface area contributed by atoms with Gasteiger partial charge in [0, 0.05) is 18.7 Å². The van der Waals surface area contributed by atoms with Crippen LogP contribution in [0.1, 0.15) is 54.7 Å². The van der Waals surface area contributed by atoms with Crippen molar-refractivity contribution in [1.29, 1.82) is 0 Å². The van der Waals surface area contributed by atoms with E-state index in [1.54, 1.807) is 4.90 Å². The predicted octanol–water partition coefficient (Wildman–Crippen LogP) is 3.35. The smallest absolute Gasteiger partial charge is 0.410 e. The van der Waals surface area contributed by atoms with E-state index in [2.05, 4.69) is 6.07 Å². The van der Waals surface area contributed by atoms with Crippen molar-refractivity contribution in [2.45, 2.75) is 52.7 Å². The first-order chi connectivity index (χ1) is 9.84. The molecule has 0 atom stereocenters. The van der Waals surface area contributed by atoms with Gasteiger partial charge in [0.25, 0.3) is 0 Å². The van der Waals surface area contributed by atoms with Crippen molar-refractivity contribution in [3.8, 4) is 0 Å². The molecule has 1 aromatic carbocycles. The van der Waals surface area contributed by atoms with E-state index in [1.165, 1.54) is 0 Å². The third-order valence-corrected chi connectivity index (χ3v) is 3.63. The van der Waals surface area contributed by atoms with Crippen molar-refractivity contribution in [3.05, 3.63) is 34.4 Å². The number of hydrogen-bond acceptors (Lipinski definition) is 3. The molecule has 0 bridgehead atoms. The molecule has 114 valence electrons. The van der Waals surface area contributed by atoms with Gasteiger partial charge in [0.1, 0.15) is 11.9 Å². The summed E-state index contributed by atoms with van der Waals surface area (Å²) in [7, 11) is 0. The Balaban J connectivity index is 2.20. The fourth-order valence-electron chi connectivity index (χ4n) is 2.58. The Morgan fingerprint density at radius 3 is 2.62 bits per heavy atom. The van der Waals surface area contributed by atoms with E-state index in [-0.39, 0.29) is 6.09 Å². The number of ether oxygens (including phenoxy) is 1. The monoisotopic (exact) mass is 289 g/mol. The van der Waals surface area contributed by atoms with E-state index in [1.807, 2.05) is 33.8 Å². The summed E-state index contributed by atoms with van der Waals surface area (Å²) >= 11 is 0. The van der Waals surface area contributed by atoms with Gasteiger partial charge in [-0.1, -0.05) is 13.0 Å². The van der Waals surface area contributed by atoms with Gasteiger partial charge >= 0.3 is 6.09 Å². The van der Waals surface area contributed by atoms with Crippen LogP contribution in [0, 0.1) is 0 Å². The highest BCUT2D eigenvalue weighted by molar-refractivity contribution is 5.78. The zero-order chi connectivity index (χ0) is 15.6. The molecule has 4 nitrogen and oxygen atoms in total. The van der Waals surface area contributed by atoms with Crippen LogP contribution in [0.15, 0.2) is 12.1 Å². The lowest BCUT2D eigenvalue weighted by molar-refractivity contribution is 0.0224. The van der Waals surface area contributed by atoms with Crippen molar-refractivity contribution in [3.63, 3.8) is 0 Å². The molecule has 21 heavy (non-hydrogen) atoms. The molecule has 0 aliphatic carbocycles. The summed E-state index contributed by atoms with van der Waals surface area (Å²) in [6.45, 7) is 8.82. The third kappa shape index (κ3) is 3.63. The lowest BCUT2D eigenvalue weighted by Crippen LogP contribution is -2.40. The third-order valence-electron chi connectivity index (χ3n) is 3.63. The van der Waals surface area contributed by atoms with Crippen molar-refractivity contribution >= 4 is 12.4 Å². The predicted molar refractivity (Wildman–Crippen MR) is 81.6 cm³/mol. The standard InChI is InChI=1S/C17H23NO3/c1-5-12-8-14-10-18(16(20)21-17(2,3)4)7-6-13(14)9-15(12)11-19/h8-9,11H,5-7,10H2,1-4H3. The normalized spacial score (nSPS) is 14.6. The Labute approximate surface area is 126 Å². The van der Waals surface area contributed by atoms with Crippen LogP contribution < -0.4 is 0 Å². The lowest BCUT2D eigenvalue weighted by Gasteiger charge is -2.31. The van der Waals surface area contributed by atoms with E-state index < -0.39 is 5.60 Å². The summed E-state index contributed by atoms with van der Waals surface area (Å²) < 4.78 is 5.42. The minimum Gasteiger partial charge on any atom is -0.444 e.